The highest BCUT2D eigenvalue weighted by molar-refractivity contribution is 7.98. The fourth-order valence-corrected chi connectivity index (χ4v) is 2.23. The second-order valence-electron chi connectivity index (χ2n) is 4.44. The maximum absolute atomic E-state index is 10.1. The van der Waals surface area contributed by atoms with Crippen LogP contribution in [0.4, 0.5) is 11.9 Å². The van der Waals surface area contributed by atoms with E-state index in [1.807, 2.05) is 6.26 Å². The summed E-state index contributed by atoms with van der Waals surface area (Å²) in [6, 6.07) is 0. The van der Waals surface area contributed by atoms with E-state index < -0.39 is 5.60 Å². The molecule has 0 aliphatic rings. The Balaban J connectivity index is 2.13. The zero-order chi connectivity index (χ0) is 14.6. The largest absolute Gasteiger partial charge is 0.387 e. The van der Waals surface area contributed by atoms with Crippen molar-refractivity contribution in [3.05, 3.63) is 12.7 Å². The molecule has 20 heavy (non-hydrogen) atoms. The number of thioether (sulfide) groups is 1. The predicted octanol–water partition coefficient (Wildman–Crippen LogP) is -0.440. The van der Waals surface area contributed by atoms with Crippen molar-refractivity contribution in [1.82, 2.24) is 29.7 Å². The Kier molecular flexibility index (Phi) is 4.35. The summed E-state index contributed by atoms with van der Waals surface area (Å²) in [5.74, 6) is 1.21. The van der Waals surface area contributed by atoms with Crippen molar-refractivity contribution in [2.45, 2.75) is 12.5 Å². The van der Waals surface area contributed by atoms with Gasteiger partial charge < -0.3 is 16.2 Å². The van der Waals surface area contributed by atoms with Gasteiger partial charge in [-0.3, -0.25) is 0 Å². The van der Waals surface area contributed by atoms with Crippen molar-refractivity contribution in [3.8, 4) is 5.95 Å². The van der Waals surface area contributed by atoms with Crippen LogP contribution in [0.25, 0.3) is 5.95 Å². The second kappa shape index (κ2) is 6.01. The van der Waals surface area contributed by atoms with E-state index in [2.05, 4.69) is 30.4 Å². The lowest BCUT2D eigenvalue weighted by Gasteiger charge is -2.22. The average molecular weight is 296 g/mol. The Morgan fingerprint density at radius 1 is 1.45 bits per heavy atom. The molecule has 9 nitrogen and oxygen atoms in total. The minimum Gasteiger partial charge on any atom is -0.387 e. The van der Waals surface area contributed by atoms with Gasteiger partial charge in [-0.2, -0.15) is 36.5 Å². The van der Waals surface area contributed by atoms with Crippen LogP contribution in [0.3, 0.4) is 0 Å². The topological polar surface area (TPSA) is 128 Å². The van der Waals surface area contributed by atoms with Crippen LogP contribution in [0.1, 0.15) is 6.92 Å². The maximum atomic E-state index is 10.1. The normalized spacial score (nSPS) is 13.9. The number of aliphatic hydroxyl groups is 1. The zero-order valence-corrected chi connectivity index (χ0v) is 12.0. The first-order valence-electron chi connectivity index (χ1n) is 5.82. The van der Waals surface area contributed by atoms with Crippen LogP contribution in [0.5, 0.6) is 0 Å². The molecule has 4 N–H and O–H groups in total. The Bertz CT molecular complexity index is 558. The molecule has 0 radical (unpaired) electrons. The van der Waals surface area contributed by atoms with Gasteiger partial charge in [0.2, 0.25) is 11.9 Å². The van der Waals surface area contributed by atoms with Crippen molar-refractivity contribution in [3.63, 3.8) is 0 Å². The Labute approximate surface area is 120 Å². The molecule has 2 rings (SSSR count). The Hall–Kier alpha value is -1.94. The zero-order valence-electron chi connectivity index (χ0n) is 11.2. The minimum atomic E-state index is -0.867. The van der Waals surface area contributed by atoms with Crippen LogP contribution < -0.4 is 11.1 Å². The van der Waals surface area contributed by atoms with E-state index in [-0.39, 0.29) is 17.8 Å². The predicted molar refractivity (Wildman–Crippen MR) is 76.7 cm³/mol. The summed E-state index contributed by atoms with van der Waals surface area (Å²) in [5, 5.41) is 17.0. The van der Waals surface area contributed by atoms with Gasteiger partial charge in [-0.15, -0.1) is 0 Å². The molecule has 0 bridgehead atoms. The van der Waals surface area contributed by atoms with Gasteiger partial charge >= 0.3 is 0 Å². The van der Waals surface area contributed by atoms with Crippen LogP contribution in [-0.2, 0) is 0 Å². The minimum absolute atomic E-state index is 0.0671. The number of rotatable bonds is 6. The molecule has 0 spiro atoms. The molecule has 0 aromatic carbocycles. The summed E-state index contributed by atoms with van der Waals surface area (Å²) < 4.78 is 1.38. The first-order valence-corrected chi connectivity index (χ1v) is 7.21. The van der Waals surface area contributed by atoms with E-state index >= 15 is 0 Å². The monoisotopic (exact) mass is 296 g/mol. The molecule has 0 aliphatic heterocycles. The third kappa shape index (κ3) is 3.78. The number of nitrogens with two attached hydrogens (primary N) is 1. The number of hydrogen-bond donors (Lipinski definition) is 3. The molecular weight excluding hydrogens is 280 g/mol. The van der Waals surface area contributed by atoms with Gasteiger partial charge in [0.25, 0.3) is 5.95 Å². The van der Waals surface area contributed by atoms with Crippen molar-refractivity contribution >= 4 is 23.7 Å². The van der Waals surface area contributed by atoms with Crippen molar-refractivity contribution in [2.75, 3.05) is 29.6 Å². The van der Waals surface area contributed by atoms with E-state index in [4.69, 9.17) is 5.73 Å². The standard InChI is InChI=1S/C10H16N8OS/c1-10(19,4-20-2)3-13-8-15-7(11)16-9(17-8)18-6-12-5-14-18/h5-6,19H,3-4H2,1-2H3,(H3,11,13,15,16,17). The summed E-state index contributed by atoms with van der Waals surface area (Å²) in [6.45, 7) is 2.04. The summed E-state index contributed by atoms with van der Waals surface area (Å²) in [7, 11) is 0. The van der Waals surface area contributed by atoms with Crippen molar-refractivity contribution in [2.24, 2.45) is 0 Å². The molecule has 2 aromatic heterocycles. The molecule has 0 fully saturated rings. The number of nitrogen functional groups attached to an aromatic ring is 1. The molecule has 0 aliphatic carbocycles. The smallest absolute Gasteiger partial charge is 0.258 e. The molecule has 10 heteroatoms. The summed E-state index contributed by atoms with van der Waals surface area (Å²) in [4.78, 5) is 15.9. The fraction of sp³-hybridized carbons (Fsp3) is 0.500. The number of nitrogens with zero attached hydrogens (tertiary/aromatic N) is 6. The van der Waals surface area contributed by atoms with Gasteiger partial charge in [-0.25, -0.2) is 4.98 Å². The second-order valence-corrected chi connectivity index (χ2v) is 5.31. The molecule has 0 amide bonds. The van der Waals surface area contributed by atoms with E-state index in [9.17, 15) is 5.11 Å². The summed E-state index contributed by atoms with van der Waals surface area (Å²) in [5.41, 5.74) is 4.77. The highest BCUT2D eigenvalue weighted by atomic mass is 32.2. The van der Waals surface area contributed by atoms with Crippen molar-refractivity contribution in [1.29, 1.82) is 0 Å². The van der Waals surface area contributed by atoms with E-state index in [1.165, 1.54) is 17.3 Å². The number of anilines is 2. The lowest BCUT2D eigenvalue weighted by Crippen LogP contribution is -2.36. The van der Waals surface area contributed by atoms with Gasteiger partial charge in [0, 0.05) is 12.3 Å². The van der Waals surface area contributed by atoms with Crippen LogP contribution in [-0.4, -0.2) is 59.0 Å². The fourth-order valence-electron chi connectivity index (χ4n) is 1.51. The summed E-state index contributed by atoms with van der Waals surface area (Å²) >= 11 is 1.56. The molecular formula is C10H16N8OS. The van der Waals surface area contributed by atoms with Crippen LogP contribution >= 0.6 is 11.8 Å². The van der Waals surface area contributed by atoms with Gasteiger partial charge in [0.15, 0.2) is 0 Å². The SMILES string of the molecule is CSCC(C)(O)CNc1nc(N)nc(-n2cncn2)n1. The third-order valence-corrected chi connectivity index (χ3v) is 3.26. The van der Waals surface area contributed by atoms with Crippen LogP contribution in [0.2, 0.25) is 0 Å². The van der Waals surface area contributed by atoms with Crippen LogP contribution in [0, 0.1) is 0 Å². The highest BCUT2D eigenvalue weighted by Crippen LogP contribution is 2.12. The van der Waals surface area contributed by atoms with Gasteiger partial charge in [0.1, 0.15) is 12.7 Å². The molecule has 1 unspecified atom stereocenters. The number of hydrogen-bond acceptors (Lipinski definition) is 9. The van der Waals surface area contributed by atoms with E-state index in [0.29, 0.717) is 12.3 Å². The van der Waals surface area contributed by atoms with E-state index in [1.54, 1.807) is 18.7 Å². The Morgan fingerprint density at radius 3 is 2.90 bits per heavy atom. The molecule has 2 heterocycles. The lowest BCUT2D eigenvalue weighted by atomic mass is 10.1. The maximum Gasteiger partial charge on any atom is 0.258 e. The van der Waals surface area contributed by atoms with Gasteiger partial charge in [0.05, 0.1) is 5.60 Å². The molecule has 2 aromatic rings. The van der Waals surface area contributed by atoms with Gasteiger partial charge in [-0.05, 0) is 13.2 Å². The van der Waals surface area contributed by atoms with Crippen LogP contribution in [0.15, 0.2) is 12.7 Å². The lowest BCUT2D eigenvalue weighted by molar-refractivity contribution is 0.0995. The third-order valence-electron chi connectivity index (χ3n) is 2.35. The number of aromatic nitrogens is 6. The van der Waals surface area contributed by atoms with Gasteiger partial charge in [-0.1, -0.05) is 0 Å². The average Bonchev–Trinajstić information content (AvgIpc) is 2.90. The van der Waals surface area contributed by atoms with E-state index in [0.717, 1.165) is 0 Å². The molecule has 108 valence electrons. The molecule has 0 saturated carbocycles. The highest BCUT2D eigenvalue weighted by Gasteiger charge is 2.20. The quantitative estimate of drug-likeness (QED) is 0.649. The number of nitrogens with one attached hydrogen (secondary N) is 1. The first kappa shape index (κ1) is 14.5. The van der Waals surface area contributed by atoms with Crippen molar-refractivity contribution < 1.29 is 5.11 Å². The first-order chi connectivity index (χ1) is 9.50. The molecule has 1 atom stereocenters. The molecule has 0 saturated heterocycles. The Morgan fingerprint density at radius 2 is 2.25 bits per heavy atom. The summed E-state index contributed by atoms with van der Waals surface area (Å²) in [6.07, 6.45) is 4.76.